The Labute approximate surface area is 247 Å². The highest BCUT2D eigenvalue weighted by Gasteiger charge is 2.26. The van der Waals surface area contributed by atoms with E-state index in [4.69, 9.17) is 21.1 Å². The standard InChI is InChI=1S/C30H40ClN7O3/c1-30(2,3)41-29(39)35-23-7-5-21(6-8-23)19-40-27-26(32-20-33-28(27)31)22-17-34-38(18-22)25-11-9-24(10-12-25)37-15-13-36(4)14-16-37/h9-12,17-18,20-21,23H,5-8,13-16,19H2,1-4H3,(H,35,39). The molecule has 1 amide bonds. The normalized spacial score (nSPS) is 20.1. The number of likely N-dealkylation sites (N-methyl/N-ethyl adjacent to an activating group) is 1. The van der Waals surface area contributed by atoms with Gasteiger partial charge in [-0.3, -0.25) is 0 Å². The molecule has 2 aromatic heterocycles. The molecule has 11 heteroatoms. The molecule has 0 unspecified atom stereocenters. The van der Waals surface area contributed by atoms with Crippen LogP contribution in [0.3, 0.4) is 0 Å². The maximum atomic E-state index is 12.1. The van der Waals surface area contributed by atoms with E-state index in [1.807, 2.05) is 31.6 Å². The van der Waals surface area contributed by atoms with Gasteiger partial charge in [0.15, 0.2) is 10.9 Å². The Bertz CT molecular complexity index is 1310. The summed E-state index contributed by atoms with van der Waals surface area (Å²) in [5, 5.41) is 7.85. The van der Waals surface area contributed by atoms with Crippen molar-refractivity contribution in [2.75, 3.05) is 44.7 Å². The smallest absolute Gasteiger partial charge is 0.407 e. The summed E-state index contributed by atoms with van der Waals surface area (Å²) in [7, 11) is 2.16. The van der Waals surface area contributed by atoms with Gasteiger partial charge < -0.3 is 24.6 Å². The Morgan fingerprint density at radius 2 is 1.71 bits per heavy atom. The van der Waals surface area contributed by atoms with E-state index in [1.165, 1.54) is 12.0 Å². The molecule has 41 heavy (non-hydrogen) atoms. The highest BCUT2D eigenvalue weighted by atomic mass is 35.5. The van der Waals surface area contributed by atoms with Crippen LogP contribution in [0.4, 0.5) is 10.5 Å². The maximum Gasteiger partial charge on any atom is 0.407 e. The van der Waals surface area contributed by atoms with Crippen molar-refractivity contribution in [2.24, 2.45) is 5.92 Å². The van der Waals surface area contributed by atoms with E-state index in [9.17, 15) is 4.79 Å². The summed E-state index contributed by atoms with van der Waals surface area (Å²) in [6, 6.07) is 8.58. The molecule has 1 aliphatic heterocycles. The van der Waals surface area contributed by atoms with Crippen molar-refractivity contribution in [1.29, 1.82) is 0 Å². The van der Waals surface area contributed by atoms with Crippen molar-refractivity contribution in [3.8, 4) is 22.7 Å². The van der Waals surface area contributed by atoms with E-state index in [0.717, 1.165) is 63.1 Å². The van der Waals surface area contributed by atoms with Crippen LogP contribution >= 0.6 is 11.6 Å². The van der Waals surface area contributed by atoms with Crippen LogP contribution in [0.15, 0.2) is 43.0 Å². The lowest BCUT2D eigenvalue weighted by atomic mass is 9.86. The van der Waals surface area contributed by atoms with Crippen molar-refractivity contribution >= 4 is 23.4 Å². The number of ether oxygens (including phenoxy) is 2. The first-order valence-electron chi connectivity index (χ1n) is 14.4. The Balaban J connectivity index is 1.19. The zero-order valence-electron chi connectivity index (χ0n) is 24.3. The topological polar surface area (TPSA) is 97.6 Å². The molecule has 220 valence electrons. The lowest BCUT2D eigenvalue weighted by Gasteiger charge is -2.34. The molecule has 3 aromatic rings. The van der Waals surface area contributed by atoms with Crippen LogP contribution in [0, 0.1) is 5.92 Å². The zero-order chi connectivity index (χ0) is 29.0. The predicted molar refractivity (Wildman–Crippen MR) is 160 cm³/mol. The van der Waals surface area contributed by atoms with Gasteiger partial charge in [-0.15, -0.1) is 0 Å². The molecule has 1 aliphatic carbocycles. The third kappa shape index (κ3) is 7.68. The van der Waals surface area contributed by atoms with Crippen molar-refractivity contribution in [3.05, 3.63) is 48.1 Å². The third-order valence-corrected chi connectivity index (χ3v) is 7.90. The number of rotatable bonds is 7. The predicted octanol–water partition coefficient (Wildman–Crippen LogP) is 5.20. The molecule has 0 bridgehead atoms. The number of nitrogens with zero attached hydrogens (tertiary/aromatic N) is 6. The molecule has 1 saturated heterocycles. The SMILES string of the molecule is CN1CCN(c2ccc(-n3cc(-c4ncnc(Cl)c4OCC4CCC(NC(=O)OC(C)(C)C)CC4)cn3)cc2)CC1. The minimum Gasteiger partial charge on any atom is -0.488 e. The van der Waals surface area contributed by atoms with Crippen LogP contribution in [-0.2, 0) is 4.74 Å². The maximum absolute atomic E-state index is 12.1. The van der Waals surface area contributed by atoms with Gasteiger partial charge in [-0.1, -0.05) is 11.6 Å². The van der Waals surface area contributed by atoms with Gasteiger partial charge in [0.2, 0.25) is 0 Å². The van der Waals surface area contributed by atoms with E-state index < -0.39 is 5.60 Å². The molecule has 2 aliphatic rings. The minimum absolute atomic E-state index is 0.113. The molecule has 1 saturated carbocycles. The van der Waals surface area contributed by atoms with Crippen LogP contribution in [0.5, 0.6) is 5.75 Å². The number of hydrogen-bond donors (Lipinski definition) is 1. The molecule has 0 spiro atoms. The summed E-state index contributed by atoms with van der Waals surface area (Å²) in [6.45, 7) is 10.3. The van der Waals surface area contributed by atoms with Gasteiger partial charge in [0, 0.05) is 49.7 Å². The number of hydrogen-bond acceptors (Lipinski definition) is 8. The number of halogens is 1. The van der Waals surface area contributed by atoms with Crippen LogP contribution in [0.25, 0.3) is 16.9 Å². The lowest BCUT2D eigenvalue weighted by molar-refractivity contribution is 0.0483. The van der Waals surface area contributed by atoms with E-state index >= 15 is 0 Å². The van der Waals surface area contributed by atoms with Crippen LogP contribution in [0.2, 0.25) is 5.15 Å². The van der Waals surface area contributed by atoms with Crippen LogP contribution in [0.1, 0.15) is 46.5 Å². The van der Waals surface area contributed by atoms with Gasteiger partial charge >= 0.3 is 6.09 Å². The fourth-order valence-electron chi connectivity index (χ4n) is 5.30. The first-order valence-corrected chi connectivity index (χ1v) is 14.7. The fourth-order valence-corrected chi connectivity index (χ4v) is 5.49. The van der Waals surface area contributed by atoms with Crippen molar-refractivity contribution < 1.29 is 14.3 Å². The van der Waals surface area contributed by atoms with Gasteiger partial charge in [-0.25, -0.2) is 19.4 Å². The highest BCUT2D eigenvalue weighted by Crippen LogP contribution is 2.35. The summed E-state index contributed by atoms with van der Waals surface area (Å²) in [6.07, 6.45) is 8.41. The van der Waals surface area contributed by atoms with Gasteiger partial charge in [0.25, 0.3) is 0 Å². The number of amides is 1. The van der Waals surface area contributed by atoms with Gasteiger partial charge in [0.05, 0.1) is 18.5 Å². The van der Waals surface area contributed by atoms with Crippen molar-refractivity contribution in [2.45, 2.75) is 58.1 Å². The first-order chi connectivity index (χ1) is 19.6. The van der Waals surface area contributed by atoms with Crippen LogP contribution in [-0.4, -0.2) is 82.2 Å². The quantitative estimate of drug-likeness (QED) is 0.380. The molecular formula is C30H40ClN7O3. The number of carbonyl (C=O) groups is 1. The Morgan fingerprint density at radius 1 is 1.02 bits per heavy atom. The number of nitrogens with one attached hydrogen (secondary N) is 1. The van der Waals surface area contributed by atoms with Crippen LogP contribution < -0.4 is 15.0 Å². The second kappa shape index (κ2) is 12.7. The highest BCUT2D eigenvalue weighted by molar-refractivity contribution is 6.31. The average Bonchev–Trinajstić information content (AvgIpc) is 3.43. The first kappa shape index (κ1) is 29.1. The number of alkyl carbamates (subject to hydrolysis) is 1. The van der Waals surface area contributed by atoms with E-state index in [2.05, 4.69) is 61.5 Å². The second-order valence-electron chi connectivity index (χ2n) is 12.0. The number of benzene rings is 1. The summed E-state index contributed by atoms with van der Waals surface area (Å²) in [5.74, 6) is 0.811. The minimum atomic E-state index is -0.504. The third-order valence-electron chi connectivity index (χ3n) is 7.63. The molecule has 2 fully saturated rings. The Morgan fingerprint density at radius 3 is 2.39 bits per heavy atom. The van der Waals surface area contributed by atoms with Crippen molar-refractivity contribution in [1.82, 2.24) is 30.0 Å². The zero-order valence-corrected chi connectivity index (χ0v) is 25.1. The second-order valence-corrected chi connectivity index (χ2v) is 12.4. The van der Waals surface area contributed by atoms with Gasteiger partial charge in [-0.05, 0) is 83.7 Å². The van der Waals surface area contributed by atoms with Gasteiger partial charge in [0.1, 0.15) is 17.6 Å². The molecule has 1 aromatic carbocycles. The molecule has 10 nitrogen and oxygen atoms in total. The number of aromatic nitrogens is 4. The summed E-state index contributed by atoms with van der Waals surface area (Å²) in [4.78, 5) is 25.5. The lowest BCUT2D eigenvalue weighted by Crippen LogP contribution is -2.44. The largest absolute Gasteiger partial charge is 0.488 e. The molecule has 1 N–H and O–H groups in total. The molecular weight excluding hydrogens is 542 g/mol. The summed E-state index contributed by atoms with van der Waals surface area (Å²) >= 11 is 6.48. The molecule has 0 atom stereocenters. The number of carbonyl (C=O) groups excluding carboxylic acids is 1. The fraction of sp³-hybridized carbons (Fsp3) is 0.533. The number of anilines is 1. The molecule has 3 heterocycles. The molecule has 5 rings (SSSR count). The van der Waals surface area contributed by atoms with E-state index in [0.29, 0.717) is 24.0 Å². The van der Waals surface area contributed by atoms with Gasteiger partial charge in [-0.2, -0.15) is 5.10 Å². The Hall–Kier alpha value is -3.37. The average molecular weight is 582 g/mol. The number of piperazine rings is 1. The summed E-state index contributed by atoms with van der Waals surface area (Å²) < 4.78 is 13.5. The van der Waals surface area contributed by atoms with E-state index in [-0.39, 0.29) is 17.3 Å². The summed E-state index contributed by atoms with van der Waals surface area (Å²) in [5.41, 5.74) is 3.11. The Kier molecular flexibility index (Phi) is 8.99. The van der Waals surface area contributed by atoms with E-state index in [1.54, 1.807) is 6.20 Å². The monoisotopic (exact) mass is 581 g/mol. The van der Waals surface area contributed by atoms with Crippen molar-refractivity contribution in [3.63, 3.8) is 0 Å². The molecule has 0 radical (unpaired) electrons.